The Balaban J connectivity index is -0.0000000279. The summed E-state index contributed by atoms with van der Waals surface area (Å²) in [4.78, 5) is 9.49. The van der Waals surface area contributed by atoms with Crippen molar-refractivity contribution >= 4 is 17.3 Å². The van der Waals surface area contributed by atoms with Crippen LogP contribution in [0.4, 0.5) is 0 Å². The molecule has 0 aliphatic carbocycles. The van der Waals surface area contributed by atoms with Crippen molar-refractivity contribution < 1.29 is 112 Å². The van der Waals surface area contributed by atoms with Gasteiger partial charge >= 0.3 is 88.7 Å². The SMILES string of the molecule is C=C(C)C(=O)[O-].O=S([O-])[O-].[Na+].[Na+].[Na+]. The second-order valence-corrected chi connectivity index (χ2v) is 1.68. The molecular weight excluding hydrogens is 229 g/mol. The Kier molecular flexibility index (Phi) is 44.9. The molecule has 5 nitrogen and oxygen atoms in total. The zero-order valence-electron chi connectivity index (χ0n) is 8.16. The summed E-state index contributed by atoms with van der Waals surface area (Å²) in [5.74, 6) is -1.19. The first-order valence-electron chi connectivity index (χ1n) is 2.01. The molecule has 9 heteroatoms. The summed E-state index contributed by atoms with van der Waals surface area (Å²) in [6.07, 6.45) is 0. The summed E-state index contributed by atoms with van der Waals surface area (Å²) < 4.78 is 25.3. The molecule has 0 saturated heterocycles. The summed E-state index contributed by atoms with van der Waals surface area (Å²) in [7, 11) is 0. The molecule has 0 atom stereocenters. The van der Waals surface area contributed by atoms with E-state index in [1.165, 1.54) is 6.92 Å². The van der Waals surface area contributed by atoms with Crippen LogP contribution in [-0.4, -0.2) is 19.3 Å². The van der Waals surface area contributed by atoms with Crippen LogP contribution < -0.4 is 93.8 Å². The van der Waals surface area contributed by atoms with Gasteiger partial charge in [0, 0.05) is 0 Å². The third kappa shape index (κ3) is 54.6. The van der Waals surface area contributed by atoms with Gasteiger partial charge in [0.15, 0.2) is 0 Å². The normalized spacial score (nSPS) is 6.15. The Morgan fingerprint density at radius 2 is 1.31 bits per heavy atom. The quantitative estimate of drug-likeness (QED) is 0.254. The third-order valence-corrected chi connectivity index (χ3v) is 0.348. The second-order valence-electron chi connectivity index (χ2n) is 1.27. The summed E-state index contributed by atoms with van der Waals surface area (Å²) in [5.41, 5.74) is 0.0648. The number of carboxylic acid groups (broad SMARTS) is 1. The van der Waals surface area contributed by atoms with Crippen LogP contribution in [0.15, 0.2) is 12.2 Å². The summed E-state index contributed by atoms with van der Waals surface area (Å²) in [5, 5.41) is 9.49. The van der Waals surface area contributed by atoms with Crippen LogP contribution in [0.2, 0.25) is 0 Å². The minimum atomic E-state index is -3.11. The van der Waals surface area contributed by atoms with Gasteiger partial charge in [-0.2, -0.15) is 0 Å². The van der Waals surface area contributed by atoms with Gasteiger partial charge in [0.25, 0.3) is 0 Å². The van der Waals surface area contributed by atoms with E-state index in [0.29, 0.717) is 0 Å². The van der Waals surface area contributed by atoms with Gasteiger partial charge in [-0.05, 0) is 12.5 Å². The van der Waals surface area contributed by atoms with E-state index in [1.54, 1.807) is 0 Å². The topological polar surface area (TPSA) is 103 Å². The average molecular weight is 234 g/mol. The molecule has 0 amide bonds. The Morgan fingerprint density at radius 3 is 1.31 bits per heavy atom. The van der Waals surface area contributed by atoms with Crippen molar-refractivity contribution in [1.82, 2.24) is 0 Å². The molecule has 0 fully saturated rings. The molecule has 0 unspecified atom stereocenters. The Morgan fingerprint density at radius 1 is 1.23 bits per heavy atom. The van der Waals surface area contributed by atoms with Crippen molar-refractivity contribution in [3.8, 4) is 0 Å². The van der Waals surface area contributed by atoms with Crippen LogP contribution in [0.1, 0.15) is 6.92 Å². The van der Waals surface area contributed by atoms with Gasteiger partial charge in [-0.3, -0.25) is 4.21 Å². The third-order valence-electron chi connectivity index (χ3n) is 0.348. The van der Waals surface area contributed by atoms with Gasteiger partial charge in [-0.15, -0.1) is 11.4 Å². The fraction of sp³-hybridized carbons (Fsp3) is 0.250. The molecule has 0 saturated carbocycles. The van der Waals surface area contributed by atoms with Crippen molar-refractivity contribution in [1.29, 1.82) is 0 Å². The standard InChI is InChI=1S/C4H6O2.3Na.H2O3S/c1-3(2)4(5)6;;;;1-4(2)3/h1H2,2H3,(H,5,6);;;;(H2,1,2,3)/q;3*+1;/p-3. The van der Waals surface area contributed by atoms with Gasteiger partial charge in [0.05, 0.1) is 5.97 Å². The summed E-state index contributed by atoms with van der Waals surface area (Å²) in [6.45, 7) is 4.48. The minimum absolute atomic E-state index is 0. The molecular formula is C4H5Na3O5S. The van der Waals surface area contributed by atoms with E-state index in [4.69, 9.17) is 13.3 Å². The Bertz CT molecular complexity index is 146. The number of rotatable bonds is 1. The van der Waals surface area contributed by atoms with Gasteiger partial charge < -0.3 is 19.0 Å². The molecule has 60 valence electrons. The van der Waals surface area contributed by atoms with E-state index < -0.39 is 17.3 Å². The first-order valence-corrected chi connectivity index (χ1v) is 3.01. The number of aliphatic carboxylic acids is 1. The van der Waals surface area contributed by atoms with E-state index in [0.717, 1.165) is 0 Å². The predicted octanol–water partition coefficient (Wildman–Crippen LogP) is -10.7. The zero-order valence-corrected chi connectivity index (χ0v) is 15.0. The fourth-order valence-electron chi connectivity index (χ4n) is 0. The van der Waals surface area contributed by atoms with E-state index in [1.807, 2.05) is 0 Å². The average Bonchev–Trinajstić information content (AvgIpc) is 1.63. The van der Waals surface area contributed by atoms with Gasteiger partial charge in [-0.25, -0.2) is 0 Å². The van der Waals surface area contributed by atoms with Crippen molar-refractivity contribution in [2.75, 3.05) is 0 Å². The summed E-state index contributed by atoms with van der Waals surface area (Å²) >= 11 is -3.11. The monoisotopic (exact) mass is 234 g/mol. The largest absolute Gasteiger partial charge is 1.00 e. The van der Waals surface area contributed by atoms with Crippen LogP contribution in [0, 0.1) is 0 Å². The molecule has 0 spiro atoms. The van der Waals surface area contributed by atoms with Crippen LogP contribution in [0.5, 0.6) is 0 Å². The van der Waals surface area contributed by atoms with Crippen LogP contribution in [0.25, 0.3) is 0 Å². The van der Waals surface area contributed by atoms with Gasteiger partial charge in [0.1, 0.15) is 0 Å². The molecule has 0 aromatic heterocycles. The van der Waals surface area contributed by atoms with Crippen molar-refractivity contribution in [3.63, 3.8) is 0 Å². The minimum Gasteiger partial charge on any atom is -0.784 e. The maximum absolute atomic E-state index is 9.49. The van der Waals surface area contributed by atoms with Crippen LogP contribution >= 0.6 is 0 Å². The Hall–Kier alpha value is 2.28. The number of hydrogen-bond acceptors (Lipinski definition) is 5. The predicted molar refractivity (Wildman–Crippen MR) is 29.5 cm³/mol. The number of carbonyl (C=O) groups excluding carboxylic acids is 1. The van der Waals surface area contributed by atoms with Crippen molar-refractivity contribution in [2.24, 2.45) is 0 Å². The second kappa shape index (κ2) is 19.8. The van der Waals surface area contributed by atoms with Crippen LogP contribution in [0.3, 0.4) is 0 Å². The van der Waals surface area contributed by atoms with Crippen molar-refractivity contribution in [2.45, 2.75) is 6.92 Å². The molecule has 0 rings (SSSR count). The number of carboxylic acids is 1. The number of hydrogen-bond donors (Lipinski definition) is 0. The fourth-order valence-corrected chi connectivity index (χ4v) is 0. The van der Waals surface area contributed by atoms with Crippen molar-refractivity contribution in [3.05, 3.63) is 12.2 Å². The molecule has 0 N–H and O–H groups in total. The van der Waals surface area contributed by atoms with Crippen LogP contribution in [-0.2, 0) is 16.2 Å². The molecule has 0 aliphatic rings. The molecule has 0 heterocycles. The summed E-state index contributed by atoms with van der Waals surface area (Å²) in [6, 6.07) is 0. The van der Waals surface area contributed by atoms with E-state index in [2.05, 4.69) is 6.58 Å². The maximum atomic E-state index is 9.49. The molecule has 0 aliphatic heterocycles. The molecule has 0 bridgehead atoms. The Labute approximate surface area is 146 Å². The maximum Gasteiger partial charge on any atom is 1.00 e. The first-order chi connectivity index (χ1) is 4.37. The zero-order chi connectivity index (χ0) is 8.73. The molecule has 0 radical (unpaired) electrons. The molecule has 0 aromatic rings. The van der Waals surface area contributed by atoms with Gasteiger partial charge in [0.2, 0.25) is 0 Å². The van der Waals surface area contributed by atoms with E-state index >= 15 is 0 Å². The first kappa shape index (κ1) is 29.5. The smallest absolute Gasteiger partial charge is 0.784 e. The number of carbonyl (C=O) groups is 1. The molecule has 0 aromatic carbocycles. The van der Waals surface area contributed by atoms with Gasteiger partial charge in [-0.1, -0.05) is 6.58 Å². The van der Waals surface area contributed by atoms with E-state index in [-0.39, 0.29) is 94.2 Å². The molecule has 13 heavy (non-hydrogen) atoms. The van der Waals surface area contributed by atoms with E-state index in [9.17, 15) is 9.90 Å².